The van der Waals surface area contributed by atoms with Crippen molar-refractivity contribution >= 4 is 11.9 Å². The van der Waals surface area contributed by atoms with Gasteiger partial charge in [-0.3, -0.25) is 9.59 Å². The second-order valence-electron chi connectivity index (χ2n) is 5.97. The Bertz CT molecular complexity index is 315. The Morgan fingerprint density at radius 3 is 2.17 bits per heavy atom. The number of carbonyl (C=O) groups excluding carboxylic acids is 2. The van der Waals surface area contributed by atoms with Crippen LogP contribution in [0.15, 0.2) is 0 Å². The number of methoxy groups -OCH3 is 1. The van der Waals surface area contributed by atoms with E-state index in [1.807, 2.05) is 20.8 Å². The first kappa shape index (κ1) is 15.0. The molecule has 0 bridgehead atoms. The summed E-state index contributed by atoms with van der Waals surface area (Å²) in [5.41, 5.74) is 5.72. The van der Waals surface area contributed by atoms with Crippen molar-refractivity contribution in [3.63, 3.8) is 0 Å². The molecule has 5 heteroatoms. The van der Waals surface area contributed by atoms with E-state index in [-0.39, 0.29) is 23.2 Å². The molecule has 1 aliphatic heterocycles. The van der Waals surface area contributed by atoms with Crippen molar-refractivity contribution in [3.05, 3.63) is 0 Å². The minimum absolute atomic E-state index is 0.0224. The molecular weight excluding hydrogens is 232 g/mol. The van der Waals surface area contributed by atoms with Gasteiger partial charge in [-0.1, -0.05) is 20.8 Å². The van der Waals surface area contributed by atoms with Crippen LogP contribution in [0, 0.1) is 11.3 Å². The molecule has 0 aromatic rings. The van der Waals surface area contributed by atoms with E-state index in [9.17, 15) is 9.59 Å². The van der Waals surface area contributed by atoms with Crippen LogP contribution < -0.4 is 5.73 Å². The predicted molar refractivity (Wildman–Crippen MR) is 68.8 cm³/mol. The summed E-state index contributed by atoms with van der Waals surface area (Å²) in [7, 11) is 1.40. The van der Waals surface area contributed by atoms with Crippen LogP contribution in [0.1, 0.15) is 33.6 Å². The Morgan fingerprint density at radius 2 is 1.78 bits per heavy atom. The number of ether oxygens (including phenoxy) is 1. The Balaban J connectivity index is 2.53. The van der Waals surface area contributed by atoms with E-state index in [2.05, 4.69) is 0 Å². The molecule has 1 heterocycles. The van der Waals surface area contributed by atoms with Crippen LogP contribution in [-0.4, -0.2) is 43.0 Å². The topological polar surface area (TPSA) is 72.6 Å². The van der Waals surface area contributed by atoms with Crippen molar-refractivity contribution in [2.24, 2.45) is 17.1 Å². The maximum atomic E-state index is 12.2. The number of hydrogen-bond donors (Lipinski definition) is 1. The molecule has 18 heavy (non-hydrogen) atoms. The number of amides is 1. The minimum atomic E-state index is -0.493. The summed E-state index contributed by atoms with van der Waals surface area (Å²) in [4.78, 5) is 25.3. The molecule has 0 radical (unpaired) electrons. The van der Waals surface area contributed by atoms with E-state index in [0.29, 0.717) is 25.9 Å². The van der Waals surface area contributed by atoms with Gasteiger partial charge in [0.15, 0.2) is 0 Å². The molecule has 1 rings (SSSR count). The summed E-state index contributed by atoms with van der Waals surface area (Å²) in [6.07, 6.45) is 1.32. The minimum Gasteiger partial charge on any atom is -0.469 e. The molecule has 0 saturated carbocycles. The van der Waals surface area contributed by atoms with Crippen LogP contribution in [0.25, 0.3) is 0 Å². The van der Waals surface area contributed by atoms with E-state index >= 15 is 0 Å². The molecule has 1 amide bonds. The lowest BCUT2D eigenvalue weighted by Gasteiger charge is -2.35. The fourth-order valence-electron chi connectivity index (χ4n) is 2.07. The fourth-order valence-corrected chi connectivity index (χ4v) is 2.07. The highest BCUT2D eigenvalue weighted by Gasteiger charge is 2.34. The van der Waals surface area contributed by atoms with Crippen molar-refractivity contribution < 1.29 is 14.3 Å². The monoisotopic (exact) mass is 256 g/mol. The largest absolute Gasteiger partial charge is 0.469 e. The van der Waals surface area contributed by atoms with E-state index in [4.69, 9.17) is 10.5 Å². The van der Waals surface area contributed by atoms with Crippen LogP contribution in [0.4, 0.5) is 0 Å². The lowest BCUT2D eigenvalue weighted by atomic mass is 9.86. The highest BCUT2D eigenvalue weighted by Crippen LogP contribution is 2.23. The molecule has 5 nitrogen and oxygen atoms in total. The number of carbonyl (C=O) groups is 2. The summed E-state index contributed by atoms with van der Waals surface area (Å²) in [6.45, 7) is 7.04. The van der Waals surface area contributed by atoms with Crippen molar-refractivity contribution in [1.29, 1.82) is 0 Å². The molecular formula is C13H24N2O3. The lowest BCUT2D eigenvalue weighted by molar-refractivity contribution is -0.149. The van der Waals surface area contributed by atoms with Gasteiger partial charge in [0.2, 0.25) is 5.91 Å². The Kier molecular flexibility index (Phi) is 4.73. The van der Waals surface area contributed by atoms with Crippen molar-refractivity contribution in [2.75, 3.05) is 20.2 Å². The molecule has 0 aliphatic carbocycles. The van der Waals surface area contributed by atoms with Crippen LogP contribution >= 0.6 is 0 Å². The first-order chi connectivity index (χ1) is 8.27. The summed E-state index contributed by atoms with van der Waals surface area (Å²) in [5, 5.41) is 0. The molecule has 1 aliphatic rings. The number of likely N-dealkylation sites (tertiary alicyclic amines) is 1. The van der Waals surface area contributed by atoms with E-state index < -0.39 is 6.04 Å². The van der Waals surface area contributed by atoms with Gasteiger partial charge in [0, 0.05) is 13.1 Å². The zero-order valence-corrected chi connectivity index (χ0v) is 11.7. The SMILES string of the molecule is COC(=O)C1CCN(C(=O)[C@@H](N)C(C)(C)C)CC1. The Hall–Kier alpha value is -1.10. The molecule has 1 saturated heterocycles. The number of piperidine rings is 1. The molecule has 0 unspecified atom stereocenters. The van der Waals surface area contributed by atoms with E-state index in [1.165, 1.54) is 7.11 Å². The average Bonchev–Trinajstić information content (AvgIpc) is 2.35. The third kappa shape index (κ3) is 3.45. The summed E-state index contributed by atoms with van der Waals surface area (Å²) in [6, 6.07) is -0.493. The number of esters is 1. The Labute approximate surface area is 109 Å². The fraction of sp³-hybridized carbons (Fsp3) is 0.846. The van der Waals surface area contributed by atoms with Gasteiger partial charge in [0.25, 0.3) is 0 Å². The first-order valence-corrected chi connectivity index (χ1v) is 6.39. The second kappa shape index (κ2) is 5.69. The number of hydrogen-bond acceptors (Lipinski definition) is 4. The quantitative estimate of drug-likeness (QED) is 0.741. The molecule has 0 spiro atoms. The van der Waals surface area contributed by atoms with Crippen molar-refractivity contribution in [2.45, 2.75) is 39.7 Å². The molecule has 1 fully saturated rings. The molecule has 0 aromatic heterocycles. The number of rotatable bonds is 2. The first-order valence-electron chi connectivity index (χ1n) is 6.39. The maximum absolute atomic E-state index is 12.2. The lowest BCUT2D eigenvalue weighted by Crippen LogP contribution is -2.52. The Morgan fingerprint density at radius 1 is 1.28 bits per heavy atom. The van der Waals surface area contributed by atoms with Gasteiger partial charge in [0.05, 0.1) is 19.1 Å². The highest BCUT2D eigenvalue weighted by molar-refractivity contribution is 5.83. The van der Waals surface area contributed by atoms with Gasteiger partial charge in [-0.2, -0.15) is 0 Å². The molecule has 1 atom stereocenters. The maximum Gasteiger partial charge on any atom is 0.308 e. The third-order valence-corrected chi connectivity index (χ3v) is 3.54. The zero-order chi connectivity index (χ0) is 13.9. The highest BCUT2D eigenvalue weighted by atomic mass is 16.5. The van der Waals surface area contributed by atoms with Gasteiger partial charge in [-0.05, 0) is 18.3 Å². The third-order valence-electron chi connectivity index (χ3n) is 3.54. The summed E-state index contributed by atoms with van der Waals surface area (Å²) >= 11 is 0. The van der Waals surface area contributed by atoms with Crippen LogP contribution in [0.5, 0.6) is 0 Å². The smallest absolute Gasteiger partial charge is 0.308 e. The standard InChI is InChI=1S/C13H24N2O3/c1-13(2,3)10(14)11(16)15-7-5-9(6-8-15)12(17)18-4/h9-10H,5-8,14H2,1-4H3/t10-/m1/s1. The van der Waals surface area contributed by atoms with Crippen molar-refractivity contribution in [3.8, 4) is 0 Å². The van der Waals surface area contributed by atoms with Gasteiger partial charge in [0.1, 0.15) is 0 Å². The summed E-state index contributed by atoms with van der Waals surface area (Å²) < 4.78 is 4.72. The summed E-state index contributed by atoms with van der Waals surface area (Å²) in [5.74, 6) is -0.280. The van der Waals surface area contributed by atoms with Gasteiger partial charge in [-0.15, -0.1) is 0 Å². The van der Waals surface area contributed by atoms with Crippen LogP contribution in [0.2, 0.25) is 0 Å². The van der Waals surface area contributed by atoms with Crippen LogP contribution in [0.3, 0.4) is 0 Å². The van der Waals surface area contributed by atoms with Crippen LogP contribution in [-0.2, 0) is 14.3 Å². The normalized spacial score (nSPS) is 19.5. The van der Waals surface area contributed by atoms with Gasteiger partial charge < -0.3 is 15.4 Å². The average molecular weight is 256 g/mol. The van der Waals surface area contributed by atoms with Crippen molar-refractivity contribution in [1.82, 2.24) is 4.90 Å². The van der Waals surface area contributed by atoms with E-state index in [0.717, 1.165) is 0 Å². The van der Waals surface area contributed by atoms with Gasteiger partial charge >= 0.3 is 5.97 Å². The van der Waals surface area contributed by atoms with E-state index in [1.54, 1.807) is 4.90 Å². The zero-order valence-electron chi connectivity index (χ0n) is 11.7. The number of nitrogens with two attached hydrogens (primary N) is 1. The van der Waals surface area contributed by atoms with Gasteiger partial charge in [-0.25, -0.2) is 0 Å². The molecule has 2 N–H and O–H groups in total. The predicted octanol–water partition coefficient (Wildman–Crippen LogP) is 0.771. The second-order valence-corrected chi connectivity index (χ2v) is 5.97. The molecule has 0 aromatic carbocycles. The molecule has 104 valence electrons. The number of nitrogens with zero attached hydrogens (tertiary/aromatic N) is 1.